The molecular weight excluding hydrogens is 553 g/mol. The number of nitrogens with one attached hydrogen (secondary N) is 2. The van der Waals surface area contributed by atoms with Crippen LogP contribution in [0, 0.1) is 0 Å². The van der Waals surface area contributed by atoms with Crippen molar-refractivity contribution in [3.63, 3.8) is 0 Å². The van der Waals surface area contributed by atoms with E-state index in [1.807, 2.05) is 47.7 Å². The Morgan fingerprint density at radius 1 is 1.02 bits per heavy atom. The molecular formula is C28H25Cl2N7O3. The maximum Gasteiger partial charge on any atom is 0.247 e. The fourth-order valence-electron chi connectivity index (χ4n) is 4.26. The SMILES string of the molecule is C=CC(=O)Nc1cc(N(C)C)ccc1Nc1ncc2cc(-c3c(Cl)c(OC)cc(OC)c3Cl)c3nccn3c2n1. The number of fused-ring (bicyclic) bond motifs is 3. The molecule has 0 atom stereocenters. The summed E-state index contributed by atoms with van der Waals surface area (Å²) in [6, 6.07) is 9.12. The van der Waals surface area contributed by atoms with E-state index in [0.717, 1.165) is 5.69 Å². The van der Waals surface area contributed by atoms with E-state index in [9.17, 15) is 4.79 Å². The Labute approximate surface area is 240 Å². The van der Waals surface area contributed by atoms with Crippen LogP contribution in [0.5, 0.6) is 11.5 Å². The molecule has 12 heteroatoms. The van der Waals surface area contributed by atoms with Gasteiger partial charge in [0.25, 0.3) is 0 Å². The van der Waals surface area contributed by atoms with E-state index in [0.29, 0.717) is 66.7 Å². The molecule has 2 N–H and O–H groups in total. The summed E-state index contributed by atoms with van der Waals surface area (Å²) < 4.78 is 12.7. The Hall–Kier alpha value is -4.54. The zero-order valence-corrected chi connectivity index (χ0v) is 23.6. The van der Waals surface area contributed by atoms with Crippen LogP contribution in [0.15, 0.2) is 61.6 Å². The third-order valence-electron chi connectivity index (χ3n) is 6.26. The number of pyridine rings is 1. The number of aromatic nitrogens is 4. The molecule has 5 rings (SSSR count). The van der Waals surface area contributed by atoms with Gasteiger partial charge in [0.05, 0.1) is 35.6 Å². The number of rotatable bonds is 8. The highest BCUT2D eigenvalue weighted by Crippen LogP contribution is 2.47. The van der Waals surface area contributed by atoms with E-state index >= 15 is 0 Å². The molecule has 0 unspecified atom stereocenters. The summed E-state index contributed by atoms with van der Waals surface area (Å²) in [5, 5.41) is 7.41. The number of anilines is 4. The van der Waals surface area contributed by atoms with Gasteiger partial charge in [-0.2, -0.15) is 4.98 Å². The number of benzene rings is 2. The maximum absolute atomic E-state index is 12.1. The Balaban J connectivity index is 1.63. The Bertz CT molecular complexity index is 1760. The lowest BCUT2D eigenvalue weighted by molar-refractivity contribution is -0.111. The highest BCUT2D eigenvalue weighted by molar-refractivity contribution is 6.41. The van der Waals surface area contributed by atoms with Crippen molar-refractivity contribution in [2.24, 2.45) is 0 Å². The van der Waals surface area contributed by atoms with E-state index in [4.69, 9.17) is 37.7 Å². The topological polar surface area (TPSA) is 106 Å². The summed E-state index contributed by atoms with van der Waals surface area (Å²) in [6.07, 6.45) is 6.35. The maximum atomic E-state index is 12.1. The Morgan fingerprint density at radius 3 is 2.40 bits per heavy atom. The first-order valence-corrected chi connectivity index (χ1v) is 12.8. The van der Waals surface area contributed by atoms with E-state index in [1.54, 1.807) is 24.7 Å². The third-order valence-corrected chi connectivity index (χ3v) is 7.01. The third kappa shape index (κ3) is 4.83. The van der Waals surface area contributed by atoms with Crippen LogP contribution < -0.4 is 25.0 Å². The standard InChI is InChI=1S/C28H25Cl2N7O3/c1-6-22(38)33-19-12-16(36(2)3)7-8-18(19)34-28-32-14-15-11-17(27-31-9-10-37(27)26(15)35-28)23-24(29)20(39-4)13-21(40-5)25(23)30/h6-14H,1H2,2-5H3,(H,33,38)(H,32,34,35). The molecule has 204 valence electrons. The largest absolute Gasteiger partial charge is 0.495 e. The van der Waals surface area contributed by atoms with Crippen LogP contribution in [0.25, 0.3) is 27.8 Å². The lowest BCUT2D eigenvalue weighted by Crippen LogP contribution is -2.13. The van der Waals surface area contributed by atoms with Gasteiger partial charge in [0.2, 0.25) is 11.9 Å². The molecule has 3 heterocycles. The number of imidazole rings is 1. The predicted molar refractivity (Wildman–Crippen MR) is 160 cm³/mol. The molecule has 0 saturated heterocycles. The minimum atomic E-state index is -0.336. The quantitative estimate of drug-likeness (QED) is 0.210. The lowest BCUT2D eigenvalue weighted by Gasteiger charge is -2.18. The first kappa shape index (κ1) is 27.0. The molecule has 0 aliphatic rings. The molecule has 0 bridgehead atoms. The number of ether oxygens (including phenoxy) is 2. The smallest absolute Gasteiger partial charge is 0.247 e. The number of halogens is 2. The first-order valence-electron chi connectivity index (χ1n) is 12.0. The second-order valence-electron chi connectivity index (χ2n) is 8.88. The second-order valence-corrected chi connectivity index (χ2v) is 9.63. The molecule has 1 amide bonds. The summed E-state index contributed by atoms with van der Waals surface area (Å²) in [6.45, 7) is 3.54. The van der Waals surface area contributed by atoms with Crippen LogP contribution in [-0.4, -0.2) is 53.6 Å². The van der Waals surface area contributed by atoms with Gasteiger partial charge >= 0.3 is 0 Å². The Kier molecular flexibility index (Phi) is 7.38. The van der Waals surface area contributed by atoms with Crippen molar-refractivity contribution >= 4 is 68.8 Å². The van der Waals surface area contributed by atoms with Gasteiger partial charge in [0.1, 0.15) is 17.1 Å². The fraction of sp³-hybridized carbons (Fsp3) is 0.143. The van der Waals surface area contributed by atoms with Crippen molar-refractivity contribution in [1.29, 1.82) is 0 Å². The molecule has 0 aliphatic heterocycles. The predicted octanol–water partition coefficient (Wildman–Crippen LogP) is 6.20. The molecule has 0 aliphatic carbocycles. The number of methoxy groups -OCH3 is 2. The molecule has 10 nitrogen and oxygen atoms in total. The summed E-state index contributed by atoms with van der Waals surface area (Å²) in [5.41, 5.74) is 4.41. The van der Waals surface area contributed by atoms with Crippen LogP contribution in [0.2, 0.25) is 10.0 Å². The van der Waals surface area contributed by atoms with Crippen molar-refractivity contribution < 1.29 is 14.3 Å². The fourth-order valence-corrected chi connectivity index (χ4v) is 4.97. The number of nitrogens with zero attached hydrogens (tertiary/aromatic N) is 5. The molecule has 0 radical (unpaired) electrons. The van der Waals surface area contributed by atoms with Crippen LogP contribution in [0.4, 0.5) is 23.0 Å². The molecule has 0 fully saturated rings. The minimum Gasteiger partial charge on any atom is -0.495 e. The van der Waals surface area contributed by atoms with E-state index < -0.39 is 0 Å². The van der Waals surface area contributed by atoms with E-state index in [2.05, 4.69) is 27.2 Å². The minimum absolute atomic E-state index is 0.320. The zero-order valence-electron chi connectivity index (χ0n) is 22.1. The molecule has 0 saturated carbocycles. The van der Waals surface area contributed by atoms with E-state index in [1.165, 1.54) is 20.3 Å². The summed E-state index contributed by atoms with van der Waals surface area (Å²) in [5.74, 6) is 0.815. The normalized spacial score (nSPS) is 10.9. The number of hydrogen-bond donors (Lipinski definition) is 2. The molecule has 0 spiro atoms. The van der Waals surface area contributed by atoms with Crippen LogP contribution in [0.3, 0.4) is 0 Å². The van der Waals surface area contributed by atoms with Crippen molar-refractivity contribution in [3.05, 3.63) is 71.6 Å². The second kappa shape index (κ2) is 10.9. The van der Waals surface area contributed by atoms with Crippen LogP contribution in [0.1, 0.15) is 0 Å². The number of carbonyl (C=O) groups excluding carboxylic acids is 1. The number of hydrogen-bond acceptors (Lipinski definition) is 8. The van der Waals surface area contributed by atoms with Gasteiger partial charge in [0, 0.05) is 61.0 Å². The van der Waals surface area contributed by atoms with Crippen molar-refractivity contribution in [1.82, 2.24) is 19.4 Å². The number of amides is 1. The van der Waals surface area contributed by atoms with Crippen LogP contribution >= 0.6 is 23.2 Å². The lowest BCUT2D eigenvalue weighted by atomic mass is 10.0. The zero-order chi connectivity index (χ0) is 28.6. The van der Waals surface area contributed by atoms with Crippen molar-refractivity contribution in [2.45, 2.75) is 0 Å². The van der Waals surface area contributed by atoms with Gasteiger partial charge in [0.15, 0.2) is 5.65 Å². The molecule has 40 heavy (non-hydrogen) atoms. The average molecular weight is 578 g/mol. The first-order chi connectivity index (χ1) is 19.2. The van der Waals surface area contributed by atoms with Gasteiger partial charge in [-0.25, -0.2) is 9.97 Å². The molecule has 3 aromatic heterocycles. The Morgan fingerprint density at radius 2 is 1.75 bits per heavy atom. The summed E-state index contributed by atoms with van der Waals surface area (Å²) >= 11 is 13.4. The van der Waals surface area contributed by atoms with Gasteiger partial charge in [-0.1, -0.05) is 29.8 Å². The summed E-state index contributed by atoms with van der Waals surface area (Å²) in [7, 11) is 6.88. The van der Waals surface area contributed by atoms with Crippen LogP contribution in [-0.2, 0) is 4.79 Å². The van der Waals surface area contributed by atoms with Crippen molar-refractivity contribution in [3.8, 4) is 22.6 Å². The van der Waals surface area contributed by atoms with Gasteiger partial charge in [-0.3, -0.25) is 9.20 Å². The molecule has 2 aromatic carbocycles. The van der Waals surface area contributed by atoms with Crippen molar-refractivity contribution in [2.75, 3.05) is 43.8 Å². The van der Waals surface area contributed by atoms with E-state index in [-0.39, 0.29) is 5.91 Å². The monoisotopic (exact) mass is 577 g/mol. The molecule has 5 aromatic rings. The van der Waals surface area contributed by atoms with Gasteiger partial charge < -0.3 is 25.0 Å². The highest BCUT2D eigenvalue weighted by Gasteiger charge is 2.22. The highest BCUT2D eigenvalue weighted by atomic mass is 35.5. The van der Waals surface area contributed by atoms with Gasteiger partial charge in [-0.15, -0.1) is 0 Å². The van der Waals surface area contributed by atoms with Gasteiger partial charge in [-0.05, 0) is 30.3 Å². The summed E-state index contributed by atoms with van der Waals surface area (Å²) in [4.78, 5) is 27.9. The number of carbonyl (C=O) groups is 1. The average Bonchev–Trinajstić information content (AvgIpc) is 3.45.